The zero-order valence-electron chi connectivity index (χ0n) is 8.24. The van der Waals surface area contributed by atoms with Crippen molar-refractivity contribution >= 4 is 17.9 Å². The molecule has 1 aromatic rings. The maximum absolute atomic E-state index is 10.2. The van der Waals surface area contributed by atoms with Gasteiger partial charge in [-0.1, -0.05) is 23.7 Å². The molecular weight excluding hydrogens is 202 g/mol. The molecule has 2 N–H and O–H groups in total. The molecule has 14 heavy (non-hydrogen) atoms. The van der Waals surface area contributed by atoms with Crippen molar-refractivity contribution in [2.75, 3.05) is 14.2 Å². The Balaban J connectivity index is 0.000000500. The predicted octanol–water partition coefficient (Wildman–Crippen LogP) is 1.80. The molecule has 0 radical (unpaired) electrons. The lowest BCUT2D eigenvalue weighted by Crippen LogP contribution is -2.10. The van der Waals surface area contributed by atoms with Crippen LogP contribution in [0.15, 0.2) is 24.3 Å². The van der Waals surface area contributed by atoms with Crippen molar-refractivity contribution < 1.29 is 9.53 Å². The maximum atomic E-state index is 10.2. The molecule has 0 aliphatic rings. The number of carbonyl (C=O) groups excluding carboxylic acids is 1. The number of hydrogen-bond acceptors (Lipinski definition) is 3. The molecular formula is C10H14ClNO2. The summed E-state index contributed by atoms with van der Waals surface area (Å²) in [5, 5.41) is 0.597. The summed E-state index contributed by atoms with van der Waals surface area (Å²) < 4.78 is 4.25. The van der Waals surface area contributed by atoms with Gasteiger partial charge in [0.2, 0.25) is 0 Å². The summed E-state index contributed by atoms with van der Waals surface area (Å²) in [6.07, 6.45) is 0.686. The fraction of sp³-hybridized carbons (Fsp3) is 0.300. The van der Waals surface area contributed by atoms with Gasteiger partial charge in [-0.05, 0) is 17.7 Å². The van der Waals surface area contributed by atoms with Crippen LogP contribution in [-0.4, -0.2) is 20.5 Å². The lowest BCUT2D eigenvalue weighted by atomic mass is 10.1. The van der Waals surface area contributed by atoms with Crippen LogP contribution in [0.25, 0.3) is 0 Å². The first-order chi connectivity index (χ1) is 6.65. The maximum Gasteiger partial charge on any atom is 0.141 e. The van der Waals surface area contributed by atoms with Crippen molar-refractivity contribution in [1.29, 1.82) is 0 Å². The van der Waals surface area contributed by atoms with Crippen LogP contribution >= 0.6 is 11.6 Å². The summed E-state index contributed by atoms with van der Waals surface area (Å²) in [4.78, 5) is 10.2. The van der Waals surface area contributed by atoms with Gasteiger partial charge in [-0.2, -0.15) is 0 Å². The zero-order valence-corrected chi connectivity index (χ0v) is 8.99. The molecule has 1 rings (SSSR count). The lowest BCUT2D eigenvalue weighted by Gasteiger charge is -2.02. The Labute approximate surface area is 88.8 Å². The first kappa shape index (κ1) is 13.1. The van der Waals surface area contributed by atoms with Crippen molar-refractivity contribution in [1.82, 2.24) is 0 Å². The van der Waals surface area contributed by atoms with Gasteiger partial charge >= 0.3 is 0 Å². The van der Waals surface area contributed by atoms with Crippen molar-refractivity contribution in [2.24, 2.45) is 5.73 Å². The topological polar surface area (TPSA) is 52.3 Å². The Kier molecular flexibility index (Phi) is 7.02. The van der Waals surface area contributed by atoms with Crippen LogP contribution in [0.5, 0.6) is 0 Å². The van der Waals surface area contributed by atoms with Crippen molar-refractivity contribution in [3.05, 3.63) is 34.9 Å². The minimum Gasteiger partial charge on any atom is -0.388 e. The third kappa shape index (κ3) is 4.97. The van der Waals surface area contributed by atoms with E-state index in [1.807, 2.05) is 0 Å². The van der Waals surface area contributed by atoms with Crippen LogP contribution in [0.4, 0.5) is 0 Å². The van der Waals surface area contributed by atoms with E-state index in [1.165, 1.54) is 0 Å². The van der Waals surface area contributed by atoms with Gasteiger partial charge in [0.1, 0.15) is 6.29 Å². The normalized spacial score (nSPS) is 11.1. The minimum absolute atomic E-state index is 0.561. The number of carbonyl (C=O) groups is 1. The number of ether oxygens (including phenoxy) is 1. The SMILES string of the molecule is COC.NC(C=O)c1cccc(Cl)c1. The molecule has 0 saturated carbocycles. The quantitative estimate of drug-likeness (QED) is 0.766. The first-order valence-corrected chi connectivity index (χ1v) is 4.40. The second kappa shape index (κ2) is 7.50. The van der Waals surface area contributed by atoms with Gasteiger partial charge in [-0.3, -0.25) is 0 Å². The van der Waals surface area contributed by atoms with E-state index in [1.54, 1.807) is 38.5 Å². The molecule has 78 valence electrons. The summed E-state index contributed by atoms with van der Waals surface area (Å²) in [5.41, 5.74) is 6.18. The standard InChI is InChI=1S/C8H8ClNO.C2H6O/c9-7-3-1-2-6(4-7)8(10)5-11;1-3-2/h1-5,8H,10H2;1-2H3. The summed E-state index contributed by atoms with van der Waals surface area (Å²) in [5.74, 6) is 0. The van der Waals surface area contributed by atoms with Crippen LogP contribution < -0.4 is 5.73 Å². The summed E-state index contributed by atoms with van der Waals surface area (Å²) in [6, 6.07) is 6.39. The van der Waals surface area contributed by atoms with E-state index in [2.05, 4.69) is 4.74 Å². The molecule has 0 amide bonds. The van der Waals surface area contributed by atoms with E-state index in [0.717, 1.165) is 5.56 Å². The highest BCUT2D eigenvalue weighted by molar-refractivity contribution is 6.30. The number of nitrogens with two attached hydrogens (primary N) is 1. The zero-order chi connectivity index (χ0) is 11.0. The molecule has 1 unspecified atom stereocenters. The van der Waals surface area contributed by atoms with Crippen LogP contribution in [-0.2, 0) is 9.53 Å². The number of aldehydes is 1. The monoisotopic (exact) mass is 215 g/mol. The summed E-state index contributed by atoms with van der Waals surface area (Å²) in [7, 11) is 3.25. The smallest absolute Gasteiger partial charge is 0.141 e. The third-order valence-corrected chi connectivity index (χ3v) is 1.62. The highest BCUT2D eigenvalue weighted by Crippen LogP contribution is 2.14. The van der Waals surface area contributed by atoms with Crippen molar-refractivity contribution in [3.8, 4) is 0 Å². The summed E-state index contributed by atoms with van der Waals surface area (Å²) in [6.45, 7) is 0. The third-order valence-electron chi connectivity index (χ3n) is 1.38. The molecule has 1 atom stereocenters. The second-order valence-electron chi connectivity index (χ2n) is 2.63. The molecule has 4 heteroatoms. The molecule has 1 aromatic carbocycles. The highest BCUT2D eigenvalue weighted by Gasteiger charge is 2.02. The first-order valence-electron chi connectivity index (χ1n) is 4.02. The molecule has 0 aromatic heterocycles. The van der Waals surface area contributed by atoms with Gasteiger partial charge in [0.25, 0.3) is 0 Å². The number of halogens is 1. The average Bonchev–Trinajstić information content (AvgIpc) is 2.18. The fourth-order valence-electron chi connectivity index (χ4n) is 0.792. The Morgan fingerprint density at radius 2 is 2.07 bits per heavy atom. The molecule has 0 fully saturated rings. The Morgan fingerprint density at radius 3 is 2.50 bits per heavy atom. The molecule has 0 heterocycles. The second-order valence-corrected chi connectivity index (χ2v) is 3.06. The molecule has 0 bridgehead atoms. The Morgan fingerprint density at radius 1 is 1.50 bits per heavy atom. The van der Waals surface area contributed by atoms with Crippen molar-refractivity contribution in [2.45, 2.75) is 6.04 Å². The molecule has 0 saturated heterocycles. The fourth-order valence-corrected chi connectivity index (χ4v) is 0.991. The molecule has 0 spiro atoms. The number of rotatable bonds is 2. The lowest BCUT2D eigenvalue weighted by molar-refractivity contribution is -0.109. The molecule has 3 nitrogen and oxygen atoms in total. The van der Waals surface area contributed by atoms with Gasteiger partial charge in [0, 0.05) is 19.2 Å². The molecule has 0 aliphatic heterocycles. The van der Waals surface area contributed by atoms with Gasteiger partial charge in [0.05, 0.1) is 6.04 Å². The Hall–Kier alpha value is -0.900. The number of benzene rings is 1. The van der Waals surface area contributed by atoms with Crippen molar-refractivity contribution in [3.63, 3.8) is 0 Å². The molecule has 0 aliphatic carbocycles. The van der Waals surface area contributed by atoms with Crippen LogP contribution in [0, 0.1) is 0 Å². The number of hydrogen-bond donors (Lipinski definition) is 1. The van der Waals surface area contributed by atoms with E-state index in [4.69, 9.17) is 17.3 Å². The van der Waals surface area contributed by atoms with E-state index in [-0.39, 0.29) is 0 Å². The number of methoxy groups -OCH3 is 1. The minimum atomic E-state index is -0.561. The van der Waals surface area contributed by atoms with Gasteiger partial charge in [-0.15, -0.1) is 0 Å². The Bertz CT molecular complexity index is 279. The van der Waals surface area contributed by atoms with Crippen LogP contribution in [0.3, 0.4) is 0 Å². The summed E-state index contributed by atoms with van der Waals surface area (Å²) >= 11 is 5.67. The van der Waals surface area contributed by atoms with Crippen LogP contribution in [0.2, 0.25) is 5.02 Å². The van der Waals surface area contributed by atoms with Crippen LogP contribution in [0.1, 0.15) is 11.6 Å². The van der Waals surface area contributed by atoms with E-state index < -0.39 is 6.04 Å². The van der Waals surface area contributed by atoms with E-state index in [0.29, 0.717) is 11.3 Å². The largest absolute Gasteiger partial charge is 0.388 e. The predicted molar refractivity (Wildman–Crippen MR) is 57.4 cm³/mol. The van der Waals surface area contributed by atoms with E-state index in [9.17, 15) is 4.79 Å². The van der Waals surface area contributed by atoms with E-state index >= 15 is 0 Å². The van der Waals surface area contributed by atoms with Gasteiger partial charge in [0.15, 0.2) is 0 Å². The van der Waals surface area contributed by atoms with Gasteiger partial charge < -0.3 is 15.3 Å². The highest BCUT2D eigenvalue weighted by atomic mass is 35.5. The van der Waals surface area contributed by atoms with Gasteiger partial charge in [-0.25, -0.2) is 0 Å². The average molecular weight is 216 g/mol.